The van der Waals surface area contributed by atoms with Crippen LogP contribution in [-0.4, -0.2) is 5.78 Å². The molecule has 1 aromatic carbocycles. The number of hydrogen-bond acceptors (Lipinski definition) is 2. The molecule has 0 unspecified atom stereocenters. The van der Waals surface area contributed by atoms with E-state index in [-0.39, 0.29) is 11.1 Å². The third-order valence-electron chi connectivity index (χ3n) is 1.35. The molecule has 3 heteroatoms. The summed E-state index contributed by atoms with van der Waals surface area (Å²) in [5.41, 5.74) is 0.244. The first-order valence-corrected chi connectivity index (χ1v) is 3.20. The Bertz CT molecular complexity index is 365. The van der Waals surface area contributed by atoms with E-state index in [1.54, 1.807) is 6.07 Å². The molecule has 0 spiro atoms. The van der Waals surface area contributed by atoms with Crippen molar-refractivity contribution in [2.45, 2.75) is 0 Å². The second-order valence-corrected chi connectivity index (χ2v) is 2.26. The van der Waals surface area contributed by atoms with Gasteiger partial charge in [0.1, 0.15) is 5.82 Å². The topological polar surface area (TPSA) is 40.9 Å². The summed E-state index contributed by atoms with van der Waals surface area (Å²) in [4.78, 5) is 10.7. The molecule has 0 aliphatic heterocycles. The lowest BCUT2D eigenvalue weighted by molar-refractivity contribution is 0.104. The van der Waals surface area contributed by atoms with Gasteiger partial charge in [-0.1, -0.05) is 0 Å². The van der Waals surface area contributed by atoms with Crippen LogP contribution in [0, 0.1) is 24.1 Å². The van der Waals surface area contributed by atoms with Gasteiger partial charge in [0.15, 0.2) is 5.78 Å². The molecular formula is C9H5FNO. The standard InChI is InChI=1S/C9H5FNO/c1-6(12)8-2-7(5-11)3-9(10)4-8/h2-4H,1H2. The summed E-state index contributed by atoms with van der Waals surface area (Å²) < 4.78 is 12.6. The maximum Gasteiger partial charge on any atom is 0.163 e. The van der Waals surface area contributed by atoms with Crippen molar-refractivity contribution in [1.29, 1.82) is 5.26 Å². The highest BCUT2D eigenvalue weighted by atomic mass is 19.1. The molecular weight excluding hydrogens is 157 g/mol. The lowest BCUT2D eigenvalue weighted by Crippen LogP contribution is -1.94. The van der Waals surface area contributed by atoms with Crippen LogP contribution >= 0.6 is 0 Å². The SMILES string of the molecule is [CH2]C(=O)c1cc(F)cc(C#N)c1. The van der Waals surface area contributed by atoms with Crippen LogP contribution in [0.25, 0.3) is 0 Å². The Morgan fingerprint density at radius 3 is 2.67 bits per heavy atom. The first kappa shape index (κ1) is 8.41. The molecule has 0 amide bonds. The first-order chi connectivity index (χ1) is 5.63. The van der Waals surface area contributed by atoms with Gasteiger partial charge in [-0.2, -0.15) is 5.26 Å². The van der Waals surface area contributed by atoms with Gasteiger partial charge in [-0.05, 0) is 18.2 Å². The van der Waals surface area contributed by atoms with Crippen molar-refractivity contribution in [2.75, 3.05) is 0 Å². The first-order valence-electron chi connectivity index (χ1n) is 3.20. The van der Waals surface area contributed by atoms with Gasteiger partial charge in [-0.15, -0.1) is 0 Å². The number of carbonyl (C=O) groups is 1. The van der Waals surface area contributed by atoms with Gasteiger partial charge in [0.2, 0.25) is 0 Å². The highest BCUT2D eigenvalue weighted by Gasteiger charge is 2.03. The number of halogens is 1. The quantitative estimate of drug-likeness (QED) is 0.590. The van der Waals surface area contributed by atoms with Crippen LogP contribution in [0.1, 0.15) is 15.9 Å². The van der Waals surface area contributed by atoms with E-state index >= 15 is 0 Å². The third kappa shape index (κ3) is 1.67. The Balaban J connectivity index is 3.26. The Morgan fingerprint density at radius 2 is 2.17 bits per heavy atom. The Kier molecular flexibility index (Phi) is 2.20. The fourth-order valence-corrected chi connectivity index (χ4v) is 0.815. The van der Waals surface area contributed by atoms with E-state index in [2.05, 4.69) is 6.92 Å². The Hall–Kier alpha value is -1.69. The molecule has 0 aromatic heterocycles. The van der Waals surface area contributed by atoms with Crippen molar-refractivity contribution in [3.63, 3.8) is 0 Å². The molecule has 0 aliphatic rings. The molecule has 0 N–H and O–H groups in total. The van der Waals surface area contributed by atoms with Gasteiger partial charge < -0.3 is 0 Å². The van der Waals surface area contributed by atoms with Gasteiger partial charge in [0.25, 0.3) is 0 Å². The summed E-state index contributed by atoms with van der Waals surface area (Å²) in [6.45, 7) is 3.11. The van der Waals surface area contributed by atoms with Gasteiger partial charge in [-0.25, -0.2) is 4.39 Å². The van der Waals surface area contributed by atoms with Gasteiger partial charge in [0.05, 0.1) is 11.6 Å². The van der Waals surface area contributed by atoms with E-state index in [4.69, 9.17) is 5.26 Å². The maximum atomic E-state index is 12.6. The predicted molar refractivity (Wildman–Crippen MR) is 40.8 cm³/mol. The highest BCUT2D eigenvalue weighted by Crippen LogP contribution is 2.08. The largest absolute Gasteiger partial charge is 0.294 e. The lowest BCUT2D eigenvalue weighted by atomic mass is 10.1. The van der Waals surface area contributed by atoms with Crippen molar-refractivity contribution in [3.8, 4) is 6.07 Å². The average molecular weight is 162 g/mol. The third-order valence-corrected chi connectivity index (χ3v) is 1.35. The van der Waals surface area contributed by atoms with E-state index in [9.17, 15) is 9.18 Å². The van der Waals surface area contributed by atoms with Crippen LogP contribution in [0.15, 0.2) is 18.2 Å². The zero-order valence-corrected chi connectivity index (χ0v) is 6.17. The van der Waals surface area contributed by atoms with E-state index in [1.807, 2.05) is 0 Å². The Morgan fingerprint density at radius 1 is 1.50 bits per heavy atom. The Labute approximate surface area is 69.2 Å². The number of nitrogens with zero attached hydrogens (tertiary/aromatic N) is 1. The molecule has 1 aromatic rings. The van der Waals surface area contributed by atoms with Crippen LogP contribution in [0.5, 0.6) is 0 Å². The highest BCUT2D eigenvalue weighted by molar-refractivity contribution is 5.99. The molecule has 0 fully saturated rings. The normalized spacial score (nSPS) is 9.08. The van der Waals surface area contributed by atoms with Crippen molar-refractivity contribution >= 4 is 5.78 Å². The molecule has 0 aliphatic carbocycles. The molecule has 0 heterocycles. The second kappa shape index (κ2) is 3.14. The van der Waals surface area contributed by atoms with E-state index in [0.717, 1.165) is 12.1 Å². The molecule has 59 valence electrons. The summed E-state index contributed by atoms with van der Waals surface area (Å²) in [6.07, 6.45) is 0. The van der Waals surface area contributed by atoms with Crippen LogP contribution in [0.4, 0.5) is 4.39 Å². The number of rotatable bonds is 1. The number of benzene rings is 1. The molecule has 0 bridgehead atoms. The number of carbonyl (C=O) groups excluding carboxylic acids is 1. The fourth-order valence-electron chi connectivity index (χ4n) is 0.815. The molecule has 0 saturated carbocycles. The number of hydrogen-bond donors (Lipinski definition) is 0. The number of ketones is 1. The van der Waals surface area contributed by atoms with Gasteiger partial charge in [0, 0.05) is 12.5 Å². The van der Waals surface area contributed by atoms with Crippen LogP contribution in [0.2, 0.25) is 0 Å². The van der Waals surface area contributed by atoms with Crippen molar-refractivity contribution in [2.24, 2.45) is 0 Å². The average Bonchev–Trinajstić information content (AvgIpc) is 2.03. The summed E-state index contributed by atoms with van der Waals surface area (Å²) >= 11 is 0. The van der Waals surface area contributed by atoms with Crippen molar-refractivity contribution in [1.82, 2.24) is 0 Å². The van der Waals surface area contributed by atoms with Gasteiger partial charge in [-0.3, -0.25) is 4.79 Å². The van der Waals surface area contributed by atoms with E-state index in [0.29, 0.717) is 0 Å². The van der Waals surface area contributed by atoms with Gasteiger partial charge >= 0.3 is 0 Å². The minimum absolute atomic E-state index is 0.117. The molecule has 0 saturated heterocycles. The minimum Gasteiger partial charge on any atom is -0.294 e. The summed E-state index contributed by atoms with van der Waals surface area (Å²) in [6, 6.07) is 5.16. The molecule has 12 heavy (non-hydrogen) atoms. The molecule has 0 atom stereocenters. The number of Topliss-reactive ketones (excluding diaryl/α,β-unsaturated/α-hetero) is 1. The minimum atomic E-state index is -0.596. The smallest absolute Gasteiger partial charge is 0.163 e. The zero-order chi connectivity index (χ0) is 9.14. The van der Waals surface area contributed by atoms with Crippen LogP contribution < -0.4 is 0 Å². The summed E-state index contributed by atoms with van der Waals surface area (Å²) in [5.74, 6) is -1.09. The van der Waals surface area contributed by atoms with Crippen LogP contribution in [-0.2, 0) is 0 Å². The van der Waals surface area contributed by atoms with E-state index in [1.165, 1.54) is 6.07 Å². The predicted octanol–water partition coefficient (Wildman–Crippen LogP) is 1.71. The van der Waals surface area contributed by atoms with Crippen molar-refractivity contribution < 1.29 is 9.18 Å². The molecule has 1 radical (unpaired) electrons. The monoisotopic (exact) mass is 162 g/mol. The second-order valence-electron chi connectivity index (χ2n) is 2.26. The van der Waals surface area contributed by atoms with Crippen molar-refractivity contribution in [3.05, 3.63) is 42.1 Å². The lowest BCUT2D eigenvalue weighted by Gasteiger charge is -1.95. The summed E-state index contributed by atoms with van der Waals surface area (Å²) in [5, 5.41) is 8.42. The van der Waals surface area contributed by atoms with Crippen LogP contribution in [0.3, 0.4) is 0 Å². The van der Waals surface area contributed by atoms with E-state index < -0.39 is 11.6 Å². The molecule has 1 rings (SSSR count). The fraction of sp³-hybridized carbons (Fsp3) is 0. The maximum absolute atomic E-state index is 12.6. The summed E-state index contributed by atoms with van der Waals surface area (Å²) in [7, 11) is 0. The zero-order valence-electron chi connectivity index (χ0n) is 6.17. The molecule has 2 nitrogen and oxygen atoms in total. The number of nitriles is 1.